The molecule has 2 bridgehead atoms. The summed E-state index contributed by atoms with van der Waals surface area (Å²) in [5, 5.41) is 4.16. The molecule has 6 rings (SSSR count). The number of carbonyl (C=O) groups is 1. The highest BCUT2D eigenvalue weighted by Crippen LogP contribution is 2.37. The number of piperidine rings is 1. The summed E-state index contributed by atoms with van der Waals surface area (Å²) >= 11 is 1.66. The number of aromatic nitrogens is 1. The maximum absolute atomic E-state index is 13.5. The molecule has 4 heterocycles. The molecule has 2 aromatic heterocycles. The van der Waals surface area contributed by atoms with E-state index >= 15 is 0 Å². The van der Waals surface area contributed by atoms with Crippen molar-refractivity contribution in [1.82, 2.24) is 9.47 Å². The number of benzene rings is 2. The highest BCUT2D eigenvalue weighted by atomic mass is 32.1. The fourth-order valence-corrected chi connectivity index (χ4v) is 6.44. The minimum Gasteiger partial charge on any atom is -0.495 e. The number of urea groups is 1. The Morgan fingerprint density at radius 3 is 2.71 bits per heavy atom. The lowest BCUT2D eigenvalue weighted by Crippen LogP contribution is -2.50. The summed E-state index contributed by atoms with van der Waals surface area (Å²) in [6.45, 7) is 1.87. The Labute approximate surface area is 201 Å². The molecule has 6 nitrogen and oxygen atoms in total. The van der Waals surface area contributed by atoms with Crippen LogP contribution in [0.3, 0.4) is 0 Å². The number of rotatable bonds is 3. The van der Waals surface area contributed by atoms with Gasteiger partial charge in [-0.1, -0.05) is 30.3 Å². The van der Waals surface area contributed by atoms with E-state index in [0.717, 1.165) is 27.9 Å². The van der Waals surface area contributed by atoms with Gasteiger partial charge in [0.15, 0.2) is 0 Å². The third-order valence-electron chi connectivity index (χ3n) is 6.93. The quantitative estimate of drug-likeness (QED) is 0.436. The molecule has 1 N–H and O–H groups in total. The van der Waals surface area contributed by atoms with Crippen LogP contribution in [0.15, 0.2) is 71.5 Å². The molecular weight excluding hydrogens is 446 g/mol. The van der Waals surface area contributed by atoms with E-state index in [1.54, 1.807) is 18.4 Å². The van der Waals surface area contributed by atoms with Gasteiger partial charge in [-0.05, 0) is 54.1 Å². The molecule has 34 heavy (non-hydrogen) atoms. The zero-order valence-electron chi connectivity index (χ0n) is 18.9. The number of likely N-dealkylation sites (tertiary alicyclic amines) is 1. The Morgan fingerprint density at radius 2 is 1.85 bits per heavy atom. The summed E-state index contributed by atoms with van der Waals surface area (Å²) in [6.07, 6.45) is 1.00. The van der Waals surface area contributed by atoms with Gasteiger partial charge in [-0.25, -0.2) is 4.79 Å². The SMILES string of the molecule is COc1ccccc1NC(=O)N1CC2CC(C1)c1ccc(-c3cc4ccccc4s3)c(=O)n1C2. The van der Waals surface area contributed by atoms with Crippen molar-refractivity contribution in [2.75, 3.05) is 25.5 Å². The van der Waals surface area contributed by atoms with Crippen LogP contribution in [0.2, 0.25) is 0 Å². The molecule has 0 radical (unpaired) electrons. The van der Waals surface area contributed by atoms with Gasteiger partial charge in [0.05, 0.1) is 18.4 Å². The van der Waals surface area contributed by atoms with E-state index < -0.39 is 0 Å². The number of anilines is 1. The second kappa shape index (κ2) is 8.33. The molecule has 2 aromatic carbocycles. The molecule has 2 atom stereocenters. The van der Waals surface area contributed by atoms with Gasteiger partial charge in [0.25, 0.3) is 5.56 Å². The van der Waals surface area contributed by atoms with Crippen molar-refractivity contribution in [2.45, 2.75) is 18.9 Å². The zero-order valence-corrected chi connectivity index (χ0v) is 19.7. The van der Waals surface area contributed by atoms with Gasteiger partial charge >= 0.3 is 6.03 Å². The lowest BCUT2D eigenvalue weighted by atomic mass is 9.83. The monoisotopic (exact) mass is 471 g/mol. The Kier molecular flexibility index (Phi) is 5.14. The molecular formula is C27H25N3O3S. The molecule has 2 unspecified atom stereocenters. The number of carbonyl (C=O) groups excluding carboxylic acids is 1. The first kappa shape index (κ1) is 21.0. The van der Waals surface area contributed by atoms with Crippen LogP contribution < -0.4 is 15.6 Å². The summed E-state index contributed by atoms with van der Waals surface area (Å²) in [7, 11) is 1.60. The van der Waals surface area contributed by atoms with Crippen LogP contribution in [-0.4, -0.2) is 35.7 Å². The zero-order chi connectivity index (χ0) is 23.2. The summed E-state index contributed by atoms with van der Waals surface area (Å²) in [6, 6.07) is 21.7. The average molecular weight is 472 g/mol. The van der Waals surface area contributed by atoms with Crippen molar-refractivity contribution in [3.63, 3.8) is 0 Å². The summed E-state index contributed by atoms with van der Waals surface area (Å²) in [5.74, 6) is 1.05. The largest absolute Gasteiger partial charge is 0.495 e. The topological polar surface area (TPSA) is 63.6 Å². The fraction of sp³-hybridized carbons (Fsp3) is 0.259. The van der Waals surface area contributed by atoms with E-state index in [4.69, 9.17) is 4.74 Å². The number of nitrogens with zero attached hydrogens (tertiary/aromatic N) is 2. The van der Waals surface area contributed by atoms with Gasteiger partial charge < -0.3 is 19.5 Å². The van der Waals surface area contributed by atoms with Crippen LogP contribution >= 0.6 is 11.3 Å². The van der Waals surface area contributed by atoms with E-state index in [1.165, 1.54) is 4.70 Å². The van der Waals surface area contributed by atoms with E-state index in [9.17, 15) is 9.59 Å². The van der Waals surface area contributed by atoms with Crippen molar-refractivity contribution in [3.05, 3.63) is 82.8 Å². The van der Waals surface area contributed by atoms with E-state index in [-0.39, 0.29) is 23.4 Å². The van der Waals surface area contributed by atoms with E-state index in [2.05, 4.69) is 29.6 Å². The molecule has 4 aromatic rings. The molecule has 2 amide bonds. The minimum absolute atomic E-state index is 0.0747. The molecule has 1 fully saturated rings. The van der Waals surface area contributed by atoms with E-state index in [0.29, 0.717) is 31.1 Å². The van der Waals surface area contributed by atoms with E-state index in [1.807, 2.05) is 51.9 Å². The number of hydrogen-bond donors (Lipinski definition) is 1. The number of fused-ring (bicyclic) bond motifs is 5. The standard InChI is InChI=1S/C27H25N3O3S/c1-33-23-8-4-3-7-21(23)28-27(32)29-14-17-12-19(16-29)22-11-10-20(26(31)30(22)15-17)25-13-18-6-2-5-9-24(18)34-25/h2-11,13,17,19H,12,14-16H2,1H3,(H,28,32). The smallest absolute Gasteiger partial charge is 0.321 e. The number of pyridine rings is 1. The predicted octanol–water partition coefficient (Wildman–Crippen LogP) is 5.39. The molecule has 2 aliphatic heterocycles. The summed E-state index contributed by atoms with van der Waals surface area (Å²) in [5.41, 5.74) is 2.53. The van der Waals surface area contributed by atoms with Crippen molar-refractivity contribution in [1.29, 1.82) is 0 Å². The summed E-state index contributed by atoms with van der Waals surface area (Å²) < 4.78 is 8.50. The van der Waals surface area contributed by atoms with Gasteiger partial charge in [-0.15, -0.1) is 11.3 Å². The van der Waals surface area contributed by atoms with Crippen LogP contribution in [0.1, 0.15) is 18.0 Å². The number of nitrogens with one attached hydrogen (secondary N) is 1. The molecule has 0 spiro atoms. The predicted molar refractivity (Wildman–Crippen MR) is 136 cm³/mol. The number of ether oxygens (including phenoxy) is 1. The minimum atomic E-state index is -0.128. The lowest BCUT2D eigenvalue weighted by Gasteiger charge is -2.42. The van der Waals surface area contributed by atoms with Gasteiger partial charge in [-0.2, -0.15) is 0 Å². The molecule has 0 aliphatic carbocycles. The van der Waals surface area contributed by atoms with Gasteiger partial charge in [0, 0.05) is 40.8 Å². The third kappa shape index (κ3) is 3.56. The number of hydrogen-bond acceptors (Lipinski definition) is 4. The normalized spacial score (nSPS) is 19.0. The number of methoxy groups -OCH3 is 1. The molecule has 1 saturated heterocycles. The second-order valence-corrected chi connectivity index (χ2v) is 10.2. The molecule has 2 aliphatic rings. The van der Waals surface area contributed by atoms with Crippen LogP contribution in [0.4, 0.5) is 10.5 Å². The molecule has 0 saturated carbocycles. The van der Waals surface area contributed by atoms with Crippen LogP contribution in [0.5, 0.6) is 5.75 Å². The van der Waals surface area contributed by atoms with Crippen molar-refractivity contribution >= 4 is 33.1 Å². The van der Waals surface area contributed by atoms with Crippen molar-refractivity contribution < 1.29 is 9.53 Å². The lowest BCUT2D eigenvalue weighted by molar-refractivity contribution is 0.139. The van der Waals surface area contributed by atoms with Crippen LogP contribution in [0.25, 0.3) is 20.5 Å². The second-order valence-electron chi connectivity index (χ2n) is 9.07. The van der Waals surface area contributed by atoms with Crippen molar-refractivity contribution in [3.8, 4) is 16.2 Å². The number of thiophene rings is 1. The van der Waals surface area contributed by atoms with Gasteiger partial charge in [-0.3, -0.25) is 4.79 Å². The number of para-hydroxylation sites is 2. The fourth-order valence-electron chi connectivity index (χ4n) is 5.36. The first-order valence-corrected chi connectivity index (χ1v) is 12.3. The Morgan fingerprint density at radius 1 is 1.03 bits per heavy atom. The highest BCUT2D eigenvalue weighted by molar-refractivity contribution is 7.22. The number of amides is 2. The average Bonchev–Trinajstić information content (AvgIpc) is 3.29. The maximum atomic E-state index is 13.5. The van der Waals surface area contributed by atoms with Gasteiger partial charge in [0.2, 0.25) is 0 Å². The first-order valence-electron chi connectivity index (χ1n) is 11.5. The first-order chi connectivity index (χ1) is 16.6. The molecule has 7 heteroatoms. The van der Waals surface area contributed by atoms with Crippen LogP contribution in [0, 0.1) is 5.92 Å². The highest BCUT2D eigenvalue weighted by Gasteiger charge is 2.37. The van der Waals surface area contributed by atoms with Gasteiger partial charge in [0.1, 0.15) is 5.75 Å². The van der Waals surface area contributed by atoms with Crippen LogP contribution in [-0.2, 0) is 6.54 Å². The summed E-state index contributed by atoms with van der Waals surface area (Å²) in [4.78, 5) is 29.5. The molecule has 172 valence electrons. The Hall–Kier alpha value is -3.58. The maximum Gasteiger partial charge on any atom is 0.321 e. The third-order valence-corrected chi connectivity index (χ3v) is 8.08. The Bertz CT molecular complexity index is 1420. The van der Waals surface area contributed by atoms with Crippen molar-refractivity contribution in [2.24, 2.45) is 5.92 Å². The Balaban J connectivity index is 1.27.